The molecule has 0 amide bonds. The van der Waals surface area contributed by atoms with Gasteiger partial charge in [-0.05, 0) is 19.8 Å². The van der Waals surface area contributed by atoms with Crippen molar-refractivity contribution in [2.75, 3.05) is 13.7 Å². The van der Waals surface area contributed by atoms with Crippen LogP contribution in [0.4, 0.5) is 0 Å². The van der Waals surface area contributed by atoms with E-state index in [4.69, 9.17) is 15.3 Å². The number of carbonyl (C=O) groups excluding carboxylic acids is 1. The van der Waals surface area contributed by atoms with Crippen LogP contribution in [0.1, 0.15) is 98.3 Å². The van der Waals surface area contributed by atoms with Crippen LogP contribution in [0, 0.1) is 0 Å². The lowest BCUT2D eigenvalue weighted by Gasteiger charge is -2.29. The minimum Gasteiger partial charge on any atom is -0.394 e. The van der Waals surface area contributed by atoms with E-state index >= 15 is 0 Å². The number of nitrogens with two attached hydrogens (primary N) is 1. The molecule has 30 heavy (non-hydrogen) atoms. The van der Waals surface area contributed by atoms with Crippen LogP contribution in [0.3, 0.4) is 0 Å². The molecule has 0 saturated heterocycles. The molecule has 4 N–H and O–H groups in total. The molecule has 0 rings (SSSR count). The maximum atomic E-state index is 10.1. The smallest absolute Gasteiger partial charge is 0.106 e. The second-order valence-corrected chi connectivity index (χ2v) is 7.62. The molecule has 0 heterocycles. The molecule has 5 nitrogen and oxygen atoms in total. The van der Waals surface area contributed by atoms with Crippen molar-refractivity contribution in [1.82, 2.24) is 0 Å². The summed E-state index contributed by atoms with van der Waals surface area (Å²) in [7, 11) is 1.61. The first-order chi connectivity index (χ1) is 14.5. The highest BCUT2D eigenvalue weighted by atomic mass is 16.5. The third kappa shape index (κ3) is 21.7. The van der Waals surface area contributed by atoms with Crippen molar-refractivity contribution in [2.24, 2.45) is 5.73 Å². The Morgan fingerprint density at radius 3 is 1.97 bits per heavy atom. The average Bonchev–Trinajstić information content (AvgIpc) is 2.78. The fourth-order valence-electron chi connectivity index (χ4n) is 2.78. The normalized spacial score (nSPS) is 15.1. The molecule has 0 saturated carbocycles. The Balaban J connectivity index is -0.00000171. The number of aliphatic hydroxyl groups excluding tert-OH is 2. The zero-order chi connectivity index (χ0) is 23.7. The van der Waals surface area contributed by atoms with E-state index in [9.17, 15) is 10.2 Å². The Kier molecular flexibility index (Phi) is 29.2. The summed E-state index contributed by atoms with van der Waals surface area (Å²) < 4.78 is 5.35. The summed E-state index contributed by atoms with van der Waals surface area (Å²) in [6.07, 6.45) is 20.7. The van der Waals surface area contributed by atoms with Crippen molar-refractivity contribution >= 4 is 6.79 Å². The Bertz CT molecular complexity index is 383. The van der Waals surface area contributed by atoms with E-state index < -0.39 is 11.6 Å². The van der Waals surface area contributed by atoms with E-state index in [-0.39, 0.29) is 12.7 Å². The third-order valence-electron chi connectivity index (χ3n) is 4.91. The van der Waals surface area contributed by atoms with E-state index in [0.29, 0.717) is 6.42 Å². The second kappa shape index (κ2) is 26.0. The van der Waals surface area contributed by atoms with Crippen LogP contribution >= 0.6 is 0 Å². The maximum Gasteiger partial charge on any atom is 0.106 e. The van der Waals surface area contributed by atoms with Gasteiger partial charge in [0.1, 0.15) is 6.79 Å². The van der Waals surface area contributed by atoms with Gasteiger partial charge in [0.25, 0.3) is 0 Å². The van der Waals surface area contributed by atoms with E-state index in [1.165, 1.54) is 57.8 Å². The molecule has 0 aliphatic heterocycles. The minimum atomic E-state index is -1.00. The summed E-state index contributed by atoms with van der Waals surface area (Å²) >= 11 is 0. The Morgan fingerprint density at radius 1 is 1.00 bits per heavy atom. The molecule has 5 heteroatoms. The molecular weight excluding hydrogens is 378 g/mol. The second-order valence-electron chi connectivity index (χ2n) is 7.62. The van der Waals surface area contributed by atoms with Gasteiger partial charge in [0.05, 0.1) is 24.4 Å². The molecular formula is C25H51NO4. The van der Waals surface area contributed by atoms with Gasteiger partial charge in [-0.1, -0.05) is 96.4 Å². The molecule has 0 bridgehead atoms. The molecule has 0 aromatic rings. The number of hydrogen-bond donors (Lipinski definition) is 3. The van der Waals surface area contributed by atoms with Crippen LogP contribution in [0.25, 0.3) is 0 Å². The molecule has 0 aromatic carbocycles. The van der Waals surface area contributed by atoms with Crippen LogP contribution in [-0.2, 0) is 9.53 Å². The SMILES string of the molecule is C=O.CC.CCCCCCCCCCC/C=C/C=C/C(CC(O)C(C)(N)CO)OC. The van der Waals surface area contributed by atoms with Crippen LogP contribution < -0.4 is 5.73 Å². The molecule has 180 valence electrons. The summed E-state index contributed by atoms with van der Waals surface area (Å²) in [5.74, 6) is 0. The molecule has 3 atom stereocenters. The Labute approximate surface area is 186 Å². The molecule has 0 spiro atoms. The number of unbranched alkanes of at least 4 members (excludes halogenated alkanes) is 9. The Hall–Kier alpha value is -1.01. The number of carbonyl (C=O) groups is 1. The first-order valence-corrected chi connectivity index (χ1v) is 11.7. The predicted molar refractivity (Wildman–Crippen MR) is 130 cm³/mol. The number of allylic oxidation sites excluding steroid dienone is 3. The molecule has 0 radical (unpaired) electrons. The summed E-state index contributed by atoms with van der Waals surface area (Å²) in [4.78, 5) is 8.00. The van der Waals surface area contributed by atoms with Crippen molar-refractivity contribution in [3.8, 4) is 0 Å². The lowest BCUT2D eigenvalue weighted by atomic mass is 9.92. The predicted octanol–water partition coefficient (Wildman–Crippen LogP) is 5.34. The highest BCUT2D eigenvalue weighted by molar-refractivity contribution is 5.11. The quantitative estimate of drug-likeness (QED) is 0.214. The summed E-state index contributed by atoms with van der Waals surface area (Å²) in [6.45, 7) is 9.64. The van der Waals surface area contributed by atoms with Gasteiger partial charge >= 0.3 is 0 Å². The van der Waals surface area contributed by atoms with Crippen molar-refractivity contribution in [2.45, 2.75) is 116 Å². The number of rotatable bonds is 17. The van der Waals surface area contributed by atoms with Gasteiger partial charge in [0.15, 0.2) is 0 Å². The van der Waals surface area contributed by atoms with E-state index in [1.807, 2.05) is 38.9 Å². The molecule has 0 fully saturated rings. The number of methoxy groups -OCH3 is 1. The fraction of sp³-hybridized carbons (Fsp3) is 0.800. The van der Waals surface area contributed by atoms with Gasteiger partial charge < -0.3 is 25.5 Å². The van der Waals surface area contributed by atoms with Crippen molar-refractivity contribution in [1.29, 1.82) is 0 Å². The van der Waals surface area contributed by atoms with Crippen molar-refractivity contribution in [3.05, 3.63) is 24.3 Å². The van der Waals surface area contributed by atoms with Gasteiger partial charge in [0.2, 0.25) is 0 Å². The summed E-state index contributed by atoms with van der Waals surface area (Å²) in [5, 5.41) is 19.3. The summed E-state index contributed by atoms with van der Waals surface area (Å²) in [6, 6.07) is 0. The zero-order valence-electron chi connectivity index (χ0n) is 20.4. The lowest BCUT2D eigenvalue weighted by molar-refractivity contribution is -0.0980. The van der Waals surface area contributed by atoms with Crippen molar-refractivity contribution < 1.29 is 19.7 Å². The zero-order valence-corrected chi connectivity index (χ0v) is 20.4. The Morgan fingerprint density at radius 2 is 1.50 bits per heavy atom. The molecule has 0 aliphatic rings. The molecule has 0 aromatic heterocycles. The van der Waals surface area contributed by atoms with E-state index in [0.717, 1.165) is 6.42 Å². The number of ether oxygens (including phenoxy) is 1. The minimum absolute atomic E-state index is 0.211. The van der Waals surface area contributed by atoms with Gasteiger partial charge in [-0.2, -0.15) is 0 Å². The maximum absolute atomic E-state index is 10.1. The van der Waals surface area contributed by atoms with Crippen molar-refractivity contribution in [3.63, 3.8) is 0 Å². The van der Waals surface area contributed by atoms with Crippen LogP contribution in [0.2, 0.25) is 0 Å². The van der Waals surface area contributed by atoms with E-state index in [1.54, 1.807) is 14.0 Å². The third-order valence-corrected chi connectivity index (χ3v) is 4.91. The van der Waals surface area contributed by atoms with Gasteiger partial charge in [-0.15, -0.1) is 0 Å². The molecule has 0 aliphatic carbocycles. The number of aliphatic hydroxyl groups is 2. The van der Waals surface area contributed by atoms with Crippen LogP contribution in [-0.4, -0.2) is 48.5 Å². The fourth-order valence-corrected chi connectivity index (χ4v) is 2.78. The average molecular weight is 430 g/mol. The largest absolute Gasteiger partial charge is 0.394 e. The summed E-state index contributed by atoms with van der Waals surface area (Å²) in [5.41, 5.74) is 4.84. The van der Waals surface area contributed by atoms with E-state index in [2.05, 4.69) is 13.0 Å². The van der Waals surface area contributed by atoms with Crippen LogP contribution in [0.5, 0.6) is 0 Å². The lowest BCUT2D eigenvalue weighted by Crippen LogP contribution is -2.52. The standard InChI is InChI=1S/C22H43NO3.C2H6.CH2O/c1-4-5-6-7-8-9-10-11-12-13-14-15-16-17-20(26-3)18-21(25)22(2,23)19-24;2*1-2/h14-17,20-21,24-25H,4-13,18-19,23H2,1-3H3;1-2H3;1H2/b15-14+,17-16+;;. The highest BCUT2D eigenvalue weighted by Gasteiger charge is 2.29. The van der Waals surface area contributed by atoms with Gasteiger partial charge in [-0.25, -0.2) is 0 Å². The first-order valence-electron chi connectivity index (χ1n) is 11.7. The van der Waals surface area contributed by atoms with Crippen LogP contribution in [0.15, 0.2) is 24.3 Å². The number of hydrogen-bond acceptors (Lipinski definition) is 5. The molecule has 3 unspecified atom stereocenters. The monoisotopic (exact) mass is 429 g/mol. The first kappa shape index (κ1) is 33.6. The van der Waals surface area contributed by atoms with Gasteiger partial charge in [-0.3, -0.25) is 0 Å². The topological polar surface area (TPSA) is 92.8 Å². The highest BCUT2D eigenvalue weighted by Crippen LogP contribution is 2.14. The van der Waals surface area contributed by atoms with Gasteiger partial charge in [0, 0.05) is 13.5 Å².